The molecule has 1 aromatic carbocycles. The summed E-state index contributed by atoms with van der Waals surface area (Å²) in [6.45, 7) is 0.567. The lowest BCUT2D eigenvalue weighted by Crippen LogP contribution is -2.26. The molecule has 0 saturated carbocycles. The van der Waals surface area contributed by atoms with Gasteiger partial charge >= 0.3 is 0 Å². The number of hydrogen-bond donors (Lipinski definition) is 2. The molecule has 7 heteroatoms. The Morgan fingerprint density at radius 2 is 1.76 bits per heavy atom. The lowest BCUT2D eigenvalue weighted by Gasteiger charge is -2.07. The minimum absolute atomic E-state index is 0.169. The average Bonchev–Trinajstić information content (AvgIpc) is 3.27. The lowest BCUT2D eigenvalue weighted by atomic mass is 10.2. The van der Waals surface area contributed by atoms with Gasteiger partial charge in [0, 0.05) is 21.5 Å². The highest BCUT2D eigenvalue weighted by Crippen LogP contribution is 2.23. The van der Waals surface area contributed by atoms with Crippen LogP contribution in [0.15, 0.2) is 57.7 Å². The van der Waals surface area contributed by atoms with Crippen molar-refractivity contribution in [1.29, 1.82) is 0 Å². The van der Waals surface area contributed by atoms with Crippen molar-refractivity contribution in [2.24, 2.45) is 0 Å². The number of nitrogens with one attached hydrogen (secondary N) is 2. The van der Waals surface area contributed by atoms with E-state index in [0.29, 0.717) is 22.7 Å². The normalized spacial score (nSPS) is 10.4. The van der Waals surface area contributed by atoms with Gasteiger partial charge in [-0.1, -0.05) is 22.0 Å². The second-order valence-corrected chi connectivity index (χ2v) is 8.07. The molecule has 0 unspecified atom stereocenters. The van der Waals surface area contributed by atoms with Crippen LogP contribution in [0.2, 0.25) is 0 Å². The third-order valence-corrected chi connectivity index (χ3v) is 5.84. The van der Waals surface area contributed by atoms with E-state index >= 15 is 0 Å². The molecule has 2 aromatic heterocycles. The van der Waals surface area contributed by atoms with Gasteiger partial charge in [-0.25, -0.2) is 0 Å². The minimum Gasteiger partial charge on any atom is -0.351 e. The van der Waals surface area contributed by atoms with Crippen molar-refractivity contribution in [2.75, 3.05) is 11.9 Å². The molecule has 128 valence electrons. The molecule has 0 spiro atoms. The van der Waals surface area contributed by atoms with Crippen molar-refractivity contribution >= 4 is 56.1 Å². The maximum absolute atomic E-state index is 12.4. The van der Waals surface area contributed by atoms with Crippen LogP contribution < -0.4 is 10.6 Å². The average molecular weight is 435 g/mol. The Balaban J connectivity index is 1.60. The third kappa shape index (κ3) is 4.78. The van der Waals surface area contributed by atoms with E-state index in [9.17, 15) is 9.59 Å². The standard InChI is InChI=1S/C18H15BrN2O2S2/c19-13-5-3-12(4-6-13)17(22)21-15-8-11-25-16(15)18(23)20-9-7-14-2-1-10-24-14/h1-6,8,10-11H,7,9H2,(H,20,23)(H,21,22). The van der Waals surface area contributed by atoms with Crippen LogP contribution in [-0.2, 0) is 6.42 Å². The molecule has 0 aliphatic heterocycles. The van der Waals surface area contributed by atoms with Crippen molar-refractivity contribution in [3.05, 3.63) is 73.0 Å². The first-order valence-corrected chi connectivity index (χ1v) is 10.1. The van der Waals surface area contributed by atoms with E-state index in [1.165, 1.54) is 16.2 Å². The second-order valence-electron chi connectivity index (χ2n) is 5.21. The first kappa shape index (κ1) is 17.8. The largest absolute Gasteiger partial charge is 0.351 e. The summed E-state index contributed by atoms with van der Waals surface area (Å²) in [5.74, 6) is -0.406. The maximum atomic E-state index is 12.4. The van der Waals surface area contributed by atoms with Gasteiger partial charge in [0.15, 0.2) is 0 Å². The zero-order chi connectivity index (χ0) is 17.6. The molecule has 3 aromatic rings. The SMILES string of the molecule is O=C(Nc1ccsc1C(=O)NCCc1cccs1)c1ccc(Br)cc1. The monoisotopic (exact) mass is 434 g/mol. The van der Waals surface area contributed by atoms with E-state index in [1.54, 1.807) is 47.0 Å². The fourth-order valence-electron chi connectivity index (χ4n) is 2.21. The molecule has 0 saturated heterocycles. The predicted molar refractivity (Wildman–Crippen MR) is 107 cm³/mol. The molecule has 0 fully saturated rings. The van der Waals surface area contributed by atoms with Gasteiger partial charge in [-0.3, -0.25) is 9.59 Å². The Kier molecular flexibility index (Phi) is 6.01. The first-order valence-electron chi connectivity index (χ1n) is 7.58. The van der Waals surface area contributed by atoms with Crippen molar-refractivity contribution in [1.82, 2.24) is 5.32 Å². The quantitative estimate of drug-likeness (QED) is 0.585. The van der Waals surface area contributed by atoms with E-state index in [2.05, 4.69) is 26.6 Å². The van der Waals surface area contributed by atoms with Gasteiger partial charge in [0.05, 0.1) is 5.69 Å². The summed E-state index contributed by atoms with van der Waals surface area (Å²) >= 11 is 6.33. The van der Waals surface area contributed by atoms with Crippen molar-refractivity contribution in [3.8, 4) is 0 Å². The van der Waals surface area contributed by atoms with Crippen LogP contribution in [0.3, 0.4) is 0 Å². The van der Waals surface area contributed by atoms with E-state index in [4.69, 9.17) is 0 Å². The van der Waals surface area contributed by atoms with Crippen LogP contribution in [0.25, 0.3) is 0 Å². The molecule has 0 aliphatic rings. The van der Waals surface area contributed by atoms with Gasteiger partial charge in [-0.2, -0.15) is 0 Å². The smallest absolute Gasteiger partial charge is 0.263 e. The Morgan fingerprint density at radius 3 is 2.48 bits per heavy atom. The molecule has 2 heterocycles. The summed E-state index contributed by atoms with van der Waals surface area (Å²) in [4.78, 5) is 26.4. The zero-order valence-electron chi connectivity index (χ0n) is 13.1. The number of anilines is 1. The van der Waals surface area contributed by atoms with E-state index in [1.807, 2.05) is 17.5 Å². The van der Waals surface area contributed by atoms with Crippen LogP contribution in [0.4, 0.5) is 5.69 Å². The summed E-state index contributed by atoms with van der Waals surface area (Å²) in [7, 11) is 0. The molecular formula is C18H15BrN2O2S2. The van der Waals surface area contributed by atoms with Gasteiger partial charge in [-0.05, 0) is 53.6 Å². The summed E-state index contributed by atoms with van der Waals surface area (Å²) in [6.07, 6.45) is 0.801. The topological polar surface area (TPSA) is 58.2 Å². The molecule has 0 aliphatic carbocycles. The number of thiophene rings is 2. The number of carbonyl (C=O) groups excluding carboxylic acids is 2. The Hall–Kier alpha value is -1.96. The van der Waals surface area contributed by atoms with Gasteiger partial charge < -0.3 is 10.6 Å². The fraction of sp³-hybridized carbons (Fsp3) is 0.111. The van der Waals surface area contributed by atoms with Crippen LogP contribution >= 0.6 is 38.6 Å². The van der Waals surface area contributed by atoms with E-state index in [-0.39, 0.29) is 11.8 Å². The lowest BCUT2D eigenvalue weighted by molar-refractivity contribution is 0.0959. The number of amides is 2. The Morgan fingerprint density at radius 1 is 0.960 bits per heavy atom. The van der Waals surface area contributed by atoms with Crippen molar-refractivity contribution in [2.45, 2.75) is 6.42 Å². The molecule has 0 atom stereocenters. The number of benzene rings is 1. The molecule has 2 amide bonds. The molecule has 25 heavy (non-hydrogen) atoms. The van der Waals surface area contributed by atoms with Crippen LogP contribution in [0.5, 0.6) is 0 Å². The van der Waals surface area contributed by atoms with Crippen LogP contribution in [0.1, 0.15) is 24.9 Å². The van der Waals surface area contributed by atoms with Crippen molar-refractivity contribution in [3.63, 3.8) is 0 Å². The molecule has 0 radical (unpaired) electrons. The Labute approximate surface area is 162 Å². The van der Waals surface area contributed by atoms with Crippen molar-refractivity contribution < 1.29 is 9.59 Å². The summed E-state index contributed by atoms with van der Waals surface area (Å²) < 4.78 is 0.908. The highest BCUT2D eigenvalue weighted by Gasteiger charge is 2.15. The van der Waals surface area contributed by atoms with Gasteiger partial charge in [0.25, 0.3) is 11.8 Å². The molecule has 4 nitrogen and oxygen atoms in total. The summed E-state index contributed by atoms with van der Waals surface area (Å²) in [6, 6.07) is 12.9. The molecule has 2 N–H and O–H groups in total. The molecular weight excluding hydrogens is 420 g/mol. The molecule has 3 rings (SSSR count). The van der Waals surface area contributed by atoms with Crippen LogP contribution in [0, 0.1) is 0 Å². The van der Waals surface area contributed by atoms with Gasteiger partial charge in [-0.15, -0.1) is 22.7 Å². The minimum atomic E-state index is -0.237. The third-order valence-electron chi connectivity index (χ3n) is 3.46. The predicted octanol–water partition coefficient (Wildman–Crippen LogP) is 4.80. The maximum Gasteiger partial charge on any atom is 0.263 e. The van der Waals surface area contributed by atoms with E-state index < -0.39 is 0 Å². The second kappa shape index (κ2) is 8.42. The van der Waals surface area contributed by atoms with Gasteiger partial charge in [0.1, 0.15) is 4.88 Å². The highest BCUT2D eigenvalue weighted by molar-refractivity contribution is 9.10. The highest BCUT2D eigenvalue weighted by atomic mass is 79.9. The van der Waals surface area contributed by atoms with Crippen LogP contribution in [-0.4, -0.2) is 18.4 Å². The summed E-state index contributed by atoms with van der Waals surface area (Å²) in [5.41, 5.74) is 1.07. The number of rotatable bonds is 6. The molecule has 0 bridgehead atoms. The van der Waals surface area contributed by atoms with E-state index in [0.717, 1.165) is 10.9 Å². The summed E-state index contributed by atoms with van der Waals surface area (Å²) in [5, 5.41) is 9.53. The zero-order valence-corrected chi connectivity index (χ0v) is 16.3. The number of halogens is 1. The fourth-order valence-corrected chi connectivity index (χ4v) is 3.95. The number of carbonyl (C=O) groups is 2. The van der Waals surface area contributed by atoms with Gasteiger partial charge in [0.2, 0.25) is 0 Å². The first-order chi connectivity index (χ1) is 12.1. The Bertz CT molecular complexity index is 858. The number of hydrogen-bond acceptors (Lipinski definition) is 4.